The number of rotatable bonds is 3. The Morgan fingerprint density at radius 2 is 1.60 bits per heavy atom. The number of nitrogens with one attached hydrogen (secondary N) is 2. The second kappa shape index (κ2) is 5.49. The molecule has 1 aromatic heterocycles. The molecule has 0 fully saturated rings. The Bertz CT molecular complexity index is 613. The molecule has 2 aromatic rings. The Kier molecular flexibility index (Phi) is 3.93. The van der Waals surface area contributed by atoms with Gasteiger partial charge in [0.15, 0.2) is 0 Å². The number of aromatic nitrogens is 2. The fraction of sp³-hybridized carbons (Fsp3) is 0.375. The molecule has 20 heavy (non-hydrogen) atoms. The molecule has 2 rings (SSSR count). The van der Waals surface area contributed by atoms with E-state index < -0.39 is 0 Å². The first-order valence-electron chi connectivity index (χ1n) is 6.75. The Morgan fingerprint density at radius 1 is 1.05 bits per heavy atom. The lowest BCUT2D eigenvalue weighted by atomic mass is 9.89. The molecule has 106 valence electrons. The standard InChI is InChI=1S/C16H21N3O/c1-9-10(2)12(4)15(13(5)11(9)3)16(20)18-7-14-6-17-8-19-14/h6,8H,7H2,1-5H3,(H,17,19)(H,18,20). The number of H-pyrrole nitrogens is 1. The van der Waals surface area contributed by atoms with Gasteiger partial charge in [-0.2, -0.15) is 0 Å². The number of amides is 1. The fourth-order valence-corrected chi connectivity index (χ4v) is 2.49. The van der Waals surface area contributed by atoms with Crippen LogP contribution in [0, 0.1) is 34.6 Å². The van der Waals surface area contributed by atoms with Gasteiger partial charge < -0.3 is 10.3 Å². The minimum atomic E-state index is -0.0270. The van der Waals surface area contributed by atoms with Crippen LogP contribution in [0.25, 0.3) is 0 Å². The molecule has 1 amide bonds. The van der Waals surface area contributed by atoms with Crippen molar-refractivity contribution in [1.29, 1.82) is 0 Å². The zero-order valence-electron chi connectivity index (χ0n) is 12.7. The van der Waals surface area contributed by atoms with Gasteiger partial charge in [0, 0.05) is 11.8 Å². The molecule has 2 N–H and O–H groups in total. The minimum absolute atomic E-state index is 0.0270. The van der Waals surface area contributed by atoms with Crippen LogP contribution >= 0.6 is 0 Å². The van der Waals surface area contributed by atoms with Gasteiger partial charge in [-0.1, -0.05) is 0 Å². The second-order valence-electron chi connectivity index (χ2n) is 5.26. The third-order valence-corrected chi connectivity index (χ3v) is 4.22. The quantitative estimate of drug-likeness (QED) is 0.901. The lowest BCUT2D eigenvalue weighted by Gasteiger charge is -2.18. The lowest BCUT2D eigenvalue weighted by molar-refractivity contribution is 0.0949. The summed E-state index contributed by atoms with van der Waals surface area (Å²) in [5.74, 6) is -0.0270. The molecular weight excluding hydrogens is 250 g/mol. The molecule has 0 aliphatic heterocycles. The Balaban J connectivity index is 2.30. The minimum Gasteiger partial charge on any atom is -0.347 e. The zero-order valence-corrected chi connectivity index (χ0v) is 12.7. The normalized spacial score (nSPS) is 10.7. The summed E-state index contributed by atoms with van der Waals surface area (Å²) in [7, 11) is 0. The molecule has 1 heterocycles. The van der Waals surface area contributed by atoms with Crippen LogP contribution in [0.4, 0.5) is 0 Å². The van der Waals surface area contributed by atoms with Crippen LogP contribution in [0.1, 0.15) is 43.9 Å². The highest BCUT2D eigenvalue weighted by Crippen LogP contribution is 2.25. The summed E-state index contributed by atoms with van der Waals surface area (Å²) in [5.41, 5.74) is 7.48. The summed E-state index contributed by atoms with van der Waals surface area (Å²) in [6.07, 6.45) is 3.32. The van der Waals surface area contributed by atoms with Gasteiger partial charge in [0.2, 0.25) is 0 Å². The van der Waals surface area contributed by atoms with E-state index in [-0.39, 0.29) is 5.91 Å². The number of benzene rings is 1. The predicted octanol–water partition coefficient (Wildman–Crippen LogP) is 2.88. The van der Waals surface area contributed by atoms with E-state index in [4.69, 9.17) is 0 Å². The van der Waals surface area contributed by atoms with Crippen LogP contribution < -0.4 is 5.32 Å². The highest BCUT2D eigenvalue weighted by Gasteiger charge is 2.17. The summed E-state index contributed by atoms with van der Waals surface area (Å²) in [5, 5.41) is 2.95. The van der Waals surface area contributed by atoms with E-state index in [1.54, 1.807) is 12.5 Å². The Morgan fingerprint density at radius 3 is 2.10 bits per heavy atom. The first-order chi connectivity index (χ1) is 9.43. The third kappa shape index (κ3) is 2.46. The molecule has 0 atom stereocenters. The van der Waals surface area contributed by atoms with Gasteiger partial charge in [-0.3, -0.25) is 4.79 Å². The van der Waals surface area contributed by atoms with E-state index in [0.29, 0.717) is 6.54 Å². The summed E-state index contributed by atoms with van der Waals surface area (Å²) in [6, 6.07) is 0. The molecule has 1 aromatic carbocycles. The van der Waals surface area contributed by atoms with Gasteiger partial charge in [-0.05, 0) is 62.4 Å². The van der Waals surface area contributed by atoms with E-state index in [9.17, 15) is 4.79 Å². The van der Waals surface area contributed by atoms with Gasteiger partial charge >= 0.3 is 0 Å². The fourth-order valence-electron chi connectivity index (χ4n) is 2.49. The van der Waals surface area contributed by atoms with Crippen molar-refractivity contribution < 1.29 is 4.79 Å². The Hall–Kier alpha value is -2.10. The average molecular weight is 271 g/mol. The van der Waals surface area contributed by atoms with Crippen molar-refractivity contribution in [3.05, 3.63) is 51.6 Å². The molecule has 0 unspecified atom stereocenters. The van der Waals surface area contributed by atoms with Gasteiger partial charge in [-0.15, -0.1) is 0 Å². The third-order valence-electron chi connectivity index (χ3n) is 4.22. The van der Waals surface area contributed by atoms with Crippen LogP contribution in [0.3, 0.4) is 0 Å². The molecular formula is C16H21N3O. The number of hydrogen-bond donors (Lipinski definition) is 2. The summed E-state index contributed by atoms with van der Waals surface area (Å²) < 4.78 is 0. The second-order valence-corrected chi connectivity index (χ2v) is 5.26. The van der Waals surface area contributed by atoms with Crippen molar-refractivity contribution in [3.63, 3.8) is 0 Å². The largest absolute Gasteiger partial charge is 0.347 e. The van der Waals surface area contributed by atoms with Crippen molar-refractivity contribution in [2.75, 3.05) is 0 Å². The number of hydrogen-bond acceptors (Lipinski definition) is 2. The lowest BCUT2D eigenvalue weighted by Crippen LogP contribution is -2.25. The molecule has 4 nitrogen and oxygen atoms in total. The van der Waals surface area contributed by atoms with E-state index >= 15 is 0 Å². The predicted molar refractivity (Wildman–Crippen MR) is 79.9 cm³/mol. The first kappa shape index (κ1) is 14.3. The summed E-state index contributed by atoms with van der Waals surface area (Å²) >= 11 is 0. The van der Waals surface area contributed by atoms with Gasteiger partial charge in [0.1, 0.15) is 0 Å². The molecule has 0 bridgehead atoms. The van der Waals surface area contributed by atoms with Crippen LogP contribution in [0.15, 0.2) is 12.5 Å². The van der Waals surface area contributed by atoms with Crippen LogP contribution in [-0.4, -0.2) is 15.9 Å². The SMILES string of the molecule is Cc1c(C)c(C)c(C(=O)NCc2cnc[nH]2)c(C)c1C. The first-order valence-corrected chi connectivity index (χ1v) is 6.75. The van der Waals surface area contributed by atoms with E-state index in [1.165, 1.54) is 16.7 Å². The highest BCUT2D eigenvalue weighted by molar-refractivity contribution is 5.98. The maximum absolute atomic E-state index is 12.5. The molecule has 0 spiro atoms. The maximum atomic E-state index is 12.5. The number of carbonyl (C=O) groups excluding carboxylic acids is 1. The van der Waals surface area contributed by atoms with E-state index in [1.807, 2.05) is 13.8 Å². The van der Waals surface area contributed by atoms with Gasteiger partial charge in [0.25, 0.3) is 5.91 Å². The van der Waals surface area contributed by atoms with Crippen LogP contribution in [0.2, 0.25) is 0 Å². The summed E-state index contributed by atoms with van der Waals surface area (Å²) in [4.78, 5) is 19.4. The number of aromatic amines is 1. The van der Waals surface area contributed by atoms with Crippen LogP contribution in [-0.2, 0) is 6.54 Å². The van der Waals surface area contributed by atoms with Gasteiger partial charge in [-0.25, -0.2) is 4.98 Å². The van der Waals surface area contributed by atoms with Crippen molar-refractivity contribution in [1.82, 2.24) is 15.3 Å². The van der Waals surface area contributed by atoms with Gasteiger partial charge in [0.05, 0.1) is 18.6 Å². The Labute approximate surface area is 119 Å². The van der Waals surface area contributed by atoms with E-state index in [0.717, 1.165) is 22.4 Å². The smallest absolute Gasteiger partial charge is 0.252 e. The molecule has 0 radical (unpaired) electrons. The monoisotopic (exact) mass is 271 g/mol. The number of nitrogens with zero attached hydrogens (tertiary/aromatic N) is 1. The highest BCUT2D eigenvalue weighted by atomic mass is 16.1. The molecule has 0 aliphatic carbocycles. The molecule has 4 heteroatoms. The van der Waals surface area contributed by atoms with Crippen molar-refractivity contribution in [2.24, 2.45) is 0 Å². The topological polar surface area (TPSA) is 57.8 Å². The molecule has 0 saturated carbocycles. The summed E-state index contributed by atoms with van der Waals surface area (Å²) in [6.45, 7) is 10.7. The van der Waals surface area contributed by atoms with E-state index in [2.05, 4.69) is 36.1 Å². The van der Waals surface area contributed by atoms with Crippen molar-refractivity contribution in [3.8, 4) is 0 Å². The van der Waals surface area contributed by atoms with Crippen LogP contribution in [0.5, 0.6) is 0 Å². The molecule has 0 aliphatic rings. The number of imidazole rings is 1. The molecule has 0 saturated heterocycles. The number of carbonyl (C=O) groups is 1. The zero-order chi connectivity index (χ0) is 14.9. The van der Waals surface area contributed by atoms with Crippen molar-refractivity contribution in [2.45, 2.75) is 41.2 Å². The maximum Gasteiger partial charge on any atom is 0.252 e. The van der Waals surface area contributed by atoms with Crippen molar-refractivity contribution >= 4 is 5.91 Å². The average Bonchev–Trinajstić information content (AvgIpc) is 2.94.